The Balaban J connectivity index is 1.92. The van der Waals surface area contributed by atoms with E-state index in [-0.39, 0.29) is 12.4 Å². The van der Waals surface area contributed by atoms with Gasteiger partial charge in [0.25, 0.3) is 0 Å². The molecule has 30 heavy (non-hydrogen) atoms. The van der Waals surface area contributed by atoms with E-state index in [1.165, 1.54) is 12.1 Å². The van der Waals surface area contributed by atoms with E-state index in [1.54, 1.807) is 18.2 Å². The summed E-state index contributed by atoms with van der Waals surface area (Å²) in [6.45, 7) is 2.64. The fraction of sp³-hybridized carbons (Fsp3) is 0.125. The molecule has 0 saturated carbocycles. The molecule has 0 bridgehead atoms. The topological polar surface area (TPSA) is 42.2 Å². The van der Waals surface area contributed by atoms with Gasteiger partial charge in [0, 0.05) is 8.95 Å². The van der Waals surface area contributed by atoms with Gasteiger partial charge in [-0.3, -0.25) is 0 Å². The molecule has 0 unspecified atom stereocenters. The molecule has 3 aromatic rings. The smallest absolute Gasteiger partial charge is 0.162 e. The van der Waals surface area contributed by atoms with Gasteiger partial charge in [0.1, 0.15) is 12.4 Å². The van der Waals surface area contributed by atoms with Gasteiger partial charge < -0.3 is 9.47 Å². The van der Waals surface area contributed by atoms with Crippen LogP contribution in [0.2, 0.25) is 0 Å². The number of ether oxygens (including phenoxy) is 2. The molecule has 0 aromatic heterocycles. The lowest BCUT2D eigenvalue weighted by molar-refractivity contribution is 0.269. The summed E-state index contributed by atoms with van der Waals surface area (Å²) in [7, 11) is 0. The number of hydrogen-bond acceptors (Lipinski definition) is 3. The minimum Gasteiger partial charge on any atom is -0.490 e. The van der Waals surface area contributed by atoms with Gasteiger partial charge in [-0.25, -0.2) is 4.39 Å². The zero-order valence-corrected chi connectivity index (χ0v) is 19.3. The molecule has 0 N–H and O–H groups in total. The molecule has 0 amide bonds. The van der Waals surface area contributed by atoms with Crippen LogP contribution in [0.25, 0.3) is 11.6 Å². The number of nitriles is 1. The predicted octanol–water partition coefficient (Wildman–Crippen LogP) is 7.39. The molecule has 0 aliphatic heterocycles. The van der Waals surface area contributed by atoms with Crippen LogP contribution in [-0.2, 0) is 6.61 Å². The van der Waals surface area contributed by atoms with Crippen molar-refractivity contribution in [3.8, 4) is 17.6 Å². The third kappa shape index (κ3) is 5.71. The standard InChI is InChI=1S/C24H18Br2FNO2/c1-2-29-23-12-18(10-19(14-28)17-4-3-5-20(25)11-17)22(26)13-24(23)30-15-16-6-8-21(27)9-7-16/h3-13H,2,15H2,1H3/b19-10+. The SMILES string of the molecule is CCOc1cc(/C=C(\C#N)c2cccc(Br)c2)c(Br)cc1OCc1ccc(F)cc1. The first-order chi connectivity index (χ1) is 14.5. The van der Waals surface area contributed by atoms with Gasteiger partial charge in [-0.15, -0.1) is 0 Å². The zero-order chi connectivity index (χ0) is 21.5. The molecule has 0 aliphatic carbocycles. The molecule has 3 nitrogen and oxygen atoms in total. The van der Waals surface area contributed by atoms with Gasteiger partial charge >= 0.3 is 0 Å². The number of benzene rings is 3. The Labute approximate surface area is 192 Å². The second-order valence-electron chi connectivity index (χ2n) is 6.35. The molecule has 0 aliphatic rings. The molecule has 0 atom stereocenters. The highest BCUT2D eigenvalue weighted by molar-refractivity contribution is 9.10. The van der Waals surface area contributed by atoms with Crippen LogP contribution < -0.4 is 9.47 Å². The number of nitrogens with zero attached hydrogens (tertiary/aromatic N) is 1. The molecule has 0 saturated heterocycles. The van der Waals surface area contributed by atoms with Crippen LogP contribution in [0, 0.1) is 17.1 Å². The Morgan fingerprint density at radius 1 is 1.03 bits per heavy atom. The van der Waals surface area contributed by atoms with Crippen LogP contribution in [-0.4, -0.2) is 6.61 Å². The summed E-state index contributed by atoms with van der Waals surface area (Å²) in [6.07, 6.45) is 1.80. The van der Waals surface area contributed by atoms with Crippen molar-refractivity contribution in [1.29, 1.82) is 5.26 Å². The van der Waals surface area contributed by atoms with Crippen molar-refractivity contribution in [2.75, 3.05) is 6.61 Å². The number of hydrogen-bond donors (Lipinski definition) is 0. The fourth-order valence-electron chi connectivity index (χ4n) is 2.78. The maximum Gasteiger partial charge on any atom is 0.162 e. The molecule has 0 heterocycles. The molecule has 6 heteroatoms. The summed E-state index contributed by atoms with van der Waals surface area (Å²) in [4.78, 5) is 0. The van der Waals surface area contributed by atoms with Crippen LogP contribution in [0.3, 0.4) is 0 Å². The van der Waals surface area contributed by atoms with E-state index in [4.69, 9.17) is 9.47 Å². The molecule has 3 rings (SSSR count). The Bertz CT molecular complexity index is 1110. The first-order valence-electron chi connectivity index (χ1n) is 9.21. The Morgan fingerprint density at radius 2 is 1.77 bits per heavy atom. The second-order valence-corrected chi connectivity index (χ2v) is 8.12. The minimum atomic E-state index is -0.286. The lowest BCUT2D eigenvalue weighted by atomic mass is 10.0. The zero-order valence-electron chi connectivity index (χ0n) is 16.2. The summed E-state index contributed by atoms with van der Waals surface area (Å²) in [6, 6.07) is 19.6. The Morgan fingerprint density at radius 3 is 2.43 bits per heavy atom. The lowest BCUT2D eigenvalue weighted by Gasteiger charge is -2.14. The first kappa shape index (κ1) is 22.1. The molecule has 0 fully saturated rings. The normalized spacial score (nSPS) is 11.1. The highest BCUT2D eigenvalue weighted by Gasteiger charge is 2.12. The van der Waals surface area contributed by atoms with Gasteiger partial charge in [-0.1, -0.05) is 56.1 Å². The quantitative estimate of drug-likeness (QED) is 0.236. The Kier molecular flexibility index (Phi) is 7.67. The fourth-order valence-corrected chi connectivity index (χ4v) is 3.61. The maximum atomic E-state index is 13.1. The average Bonchev–Trinajstić information content (AvgIpc) is 2.74. The highest BCUT2D eigenvalue weighted by Crippen LogP contribution is 2.36. The van der Waals surface area contributed by atoms with Gasteiger partial charge in [0.15, 0.2) is 11.5 Å². The largest absolute Gasteiger partial charge is 0.490 e. The van der Waals surface area contributed by atoms with Crippen LogP contribution in [0.15, 0.2) is 69.6 Å². The maximum absolute atomic E-state index is 13.1. The van der Waals surface area contributed by atoms with Crippen molar-refractivity contribution >= 4 is 43.5 Å². The molecular weight excluding hydrogens is 513 g/mol. The van der Waals surface area contributed by atoms with Gasteiger partial charge in [-0.2, -0.15) is 5.26 Å². The van der Waals surface area contributed by atoms with Crippen molar-refractivity contribution in [3.63, 3.8) is 0 Å². The van der Waals surface area contributed by atoms with E-state index in [1.807, 2.05) is 43.3 Å². The molecule has 0 radical (unpaired) electrons. The summed E-state index contributed by atoms with van der Waals surface area (Å²) in [5.74, 6) is 0.845. The van der Waals surface area contributed by atoms with E-state index < -0.39 is 0 Å². The predicted molar refractivity (Wildman–Crippen MR) is 124 cm³/mol. The van der Waals surface area contributed by atoms with Crippen LogP contribution >= 0.6 is 31.9 Å². The Hall–Kier alpha value is -2.62. The summed E-state index contributed by atoms with van der Waals surface area (Å²) in [5, 5.41) is 9.65. The van der Waals surface area contributed by atoms with Crippen molar-refractivity contribution < 1.29 is 13.9 Å². The van der Waals surface area contributed by atoms with Crippen LogP contribution in [0.5, 0.6) is 11.5 Å². The average molecular weight is 531 g/mol. The third-order valence-corrected chi connectivity index (χ3v) is 5.41. The van der Waals surface area contributed by atoms with Gasteiger partial charge in [-0.05, 0) is 66.1 Å². The molecule has 152 valence electrons. The van der Waals surface area contributed by atoms with E-state index in [0.717, 1.165) is 25.6 Å². The van der Waals surface area contributed by atoms with Crippen molar-refractivity contribution in [2.45, 2.75) is 13.5 Å². The van der Waals surface area contributed by atoms with Crippen LogP contribution in [0.1, 0.15) is 23.6 Å². The summed E-state index contributed by atoms with van der Waals surface area (Å²) in [5.41, 5.74) is 2.98. The molecular formula is C24H18Br2FNO2. The van der Waals surface area contributed by atoms with E-state index in [0.29, 0.717) is 23.7 Å². The highest BCUT2D eigenvalue weighted by atomic mass is 79.9. The second kappa shape index (κ2) is 10.4. The minimum absolute atomic E-state index is 0.281. The third-order valence-electron chi connectivity index (χ3n) is 4.23. The van der Waals surface area contributed by atoms with Crippen molar-refractivity contribution in [3.05, 3.63) is 92.1 Å². The first-order valence-corrected chi connectivity index (χ1v) is 10.8. The summed E-state index contributed by atoms with van der Waals surface area (Å²) >= 11 is 7.00. The van der Waals surface area contributed by atoms with Crippen molar-refractivity contribution in [2.24, 2.45) is 0 Å². The van der Waals surface area contributed by atoms with E-state index in [2.05, 4.69) is 37.9 Å². The van der Waals surface area contributed by atoms with Gasteiger partial charge in [0.05, 0.1) is 18.2 Å². The van der Waals surface area contributed by atoms with E-state index >= 15 is 0 Å². The van der Waals surface area contributed by atoms with Crippen LogP contribution in [0.4, 0.5) is 4.39 Å². The van der Waals surface area contributed by atoms with E-state index in [9.17, 15) is 9.65 Å². The number of allylic oxidation sites excluding steroid dienone is 1. The number of rotatable bonds is 7. The van der Waals surface area contributed by atoms with Gasteiger partial charge in [0.2, 0.25) is 0 Å². The van der Waals surface area contributed by atoms with Crippen molar-refractivity contribution in [1.82, 2.24) is 0 Å². The lowest BCUT2D eigenvalue weighted by Crippen LogP contribution is -2.00. The monoisotopic (exact) mass is 529 g/mol. The molecule has 0 spiro atoms. The molecule has 3 aromatic carbocycles. The number of halogens is 3. The summed E-state index contributed by atoms with van der Waals surface area (Å²) < 4.78 is 26.4.